The Labute approximate surface area is 110 Å². The van der Waals surface area contributed by atoms with Crippen molar-refractivity contribution in [1.82, 2.24) is 10.3 Å². The average Bonchev–Trinajstić information content (AvgIpc) is 2.78. The standard InChI is InChI=1S/C13H14ClFN2O/c1-2-5-16-7-12-13(18-8-17-12)10-4-3-9(14)6-11(10)15/h3-4,6,8,16H,2,5,7H2,1H3. The summed E-state index contributed by atoms with van der Waals surface area (Å²) in [5.74, 6) is 0.0451. The Kier molecular flexibility index (Phi) is 4.33. The molecule has 0 radical (unpaired) electrons. The fourth-order valence-corrected chi connectivity index (χ4v) is 1.83. The van der Waals surface area contributed by atoms with Crippen LogP contribution in [0.3, 0.4) is 0 Å². The molecule has 0 fully saturated rings. The van der Waals surface area contributed by atoms with Gasteiger partial charge in [0.1, 0.15) is 11.5 Å². The zero-order valence-corrected chi connectivity index (χ0v) is 10.8. The largest absolute Gasteiger partial charge is 0.443 e. The summed E-state index contributed by atoms with van der Waals surface area (Å²) in [5.41, 5.74) is 1.08. The second-order valence-corrected chi connectivity index (χ2v) is 4.37. The number of oxazole rings is 1. The first-order valence-corrected chi connectivity index (χ1v) is 6.18. The van der Waals surface area contributed by atoms with Gasteiger partial charge in [-0.25, -0.2) is 9.37 Å². The SMILES string of the molecule is CCCNCc1ncoc1-c1ccc(Cl)cc1F. The van der Waals surface area contributed by atoms with Crippen LogP contribution in [0.1, 0.15) is 19.0 Å². The van der Waals surface area contributed by atoms with Gasteiger partial charge in [0, 0.05) is 11.6 Å². The van der Waals surface area contributed by atoms with Gasteiger partial charge in [0.05, 0.1) is 5.56 Å². The van der Waals surface area contributed by atoms with E-state index in [-0.39, 0.29) is 0 Å². The Hall–Kier alpha value is -1.39. The first-order chi connectivity index (χ1) is 8.72. The van der Waals surface area contributed by atoms with E-state index in [1.54, 1.807) is 12.1 Å². The number of hydrogen-bond acceptors (Lipinski definition) is 3. The average molecular weight is 269 g/mol. The van der Waals surface area contributed by atoms with Gasteiger partial charge in [-0.3, -0.25) is 0 Å². The Balaban J connectivity index is 2.25. The maximum Gasteiger partial charge on any atom is 0.181 e. The molecule has 5 heteroatoms. The minimum Gasteiger partial charge on any atom is -0.443 e. The van der Waals surface area contributed by atoms with Crippen molar-refractivity contribution >= 4 is 11.6 Å². The summed E-state index contributed by atoms with van der Waals surface area (Å²) >= 11 is 5.72. The molecule has 0 aliphatic rings. The number of halogens is 2. The van der Waals surface area contributed by atoms with Crippen LogP contribution in [0.4, 0.5) is 4.39 Å². The molecule has 0 aliphatic carbocycles. The predicted molar refractivity (Wildman–Crippen MR) is 68.9 cm³/mol. The van der Waals surface area contributed by atoms with E-state index in [2.05, 4.69) is 17.2 Å². The number of nitrogens with one attached hydrogen (secondary N) is 1. The van der Waals surface area contributed by atoms with Crippen LogP contribution in [0.5, 0.6) is 0 Å². The monoisotopic (exact) mass is 268 g/mol. The van der Waals surface area contributed by atoms with Gasteiger partial charge in [0.2, 0.25) is 0 Å². The number of aromatic nitrogens is 1. The third-order valence-electron chi connectivity index (χ3n) is 2.54. The van der Waals surface area contributed by atoms with Crippen molar-refractivity contribution in [2.75, 3.05) is 6.54 Å². The van der Waals surface area contributed by atoms with Gasteiger partial charge in [-0.1, -0.05) is 18.5 Å². The van der Waals surface area contributed by atoms with Crippen LogP contribution in [0.15, 0.2) is 29.0 Å². The molecule has 0 bridgehead atoms. The number of benzene rings is 1. The molecule has 0 aliphatic heterocycles. The number of rotatable bonds is 5. The van der Waals surface area contributed by atoms with Crippen LogP contribution >= 0.6 is 11.6 Å². The Morgan fingerprint density at radius 1 is 1.44 bits per heavy atom. The minimum atomic E-state index is -0.406. The summed E-state index contributed by atoms with van der Waals surface area (Å²) in [6, 6.07) is 4.50. The van der Waals surface area contributed by atoms with Gasteiger partial charge in [-0.2, -0.15) is 0 Å². The highest BCUT2D eigenvalue weighted by Gasteiger charge is 2.14. The molecule has 0 atom stereocenters. The van der Waals surface area contributed by atoms with Gasteiger partial charge in [0.15, 0.2) is 12.2 Å². The quantitative estimate of drug-likeness (QED) is 0.842. The van der Waals surface area contributed by atoms with E-state index in [0.717, 1.165) is 13.0 Å². The van der Waals surface area contributed by atoms with E-state index in [1.165, 1.54) is 12.5 Å². The summed E-state index contributed by atoms with van der Waals surface area (Å²) in [4.78, 5) is 4.10. The fourth-order valence-electron chi connectivity index (χ4n) is 1.67. The van der Waals surface area contributed by atoms with Crippen molar-refractivity contribution in [1.29, 1.82) is 0 Å². The first kappa shape index (κ1) is 13.1. The maximum atomic E-state index is 13.8. The molecule has 0 unspecified atom stereocenters. The van der Waals surface area contributed by atoms with Crippen LogP contribution in [-0.4, -0.2) is 11.5 Å². The molecule has 96 valence electrons. The van der Waals surface area contributed by atoms with Crippen molar-refractivity contribution in [3.05, 3.63) is 41.1 Å². The first-order valence-electron chi connectivity index (χ1n) is 5.81. The van der Waals surface area contributed by atoms with Crippen LogP contribution < -0.4 is 5.32 Å². The molecular formula is C13H14ClFN2O. The van der Waals surface area contributed by atoms with E-state index in [4.69, 9.17) is 16.0 Å². The van der Waals surface area contributed by atoms with Gasteiger partial charge < -0.3 is 9.73 Å². The summed E-state index contributed by atoms with van der Waals surface area (Å²) in [5, 5.41) is 3.57. The van der Waals surface area contributed by atoms with Gasteiger partial charge in [-0.15, -0.1) is 0 Å². The summed E-state index contributed by atoms with van der Waals surface area (Å²) in [6.45, 7) is 3.52. The number of hydrogen-bond donors (Lipinski definition) is 1. The van der Waals surface area contributed by atoms with Crippen molar-refractivity contribution in [2.45, 2.75) is 19.9 Å². The van der Waals surface area contributed by atoms with Gasteiger partial charge in [0.25, 0.3) is 0 Å². The minimum absolute atomic E-state index is 0.362. The number of nitrogens with zero attached hydrogens (tertiary/aromatic N) is 1. The molecule has 2 aromatic rings. The molecule has 0 spiro atoms. The normalized spacial score (nSPS) is 10.8. The zero-order valence-electron chi connectivity index (χ0n) is 10.0. The third-order valence-corrected chi connectivity index (χ3v) is 2.77. The molecule has 1 aromatic carbocycles. The van der Waals surface area contributed by atoms with Crippen molar-refractivity contribution < 1.29 is 8.81 Å². The zero-order chi connectivity index (χ0) is 13.0. The highest BCUT2D eigenvalue weighted by molar-refractivity contribution is 6.30. The molecule has 1 aromatic heterocycles. The summed E-state index contributed by atoms with van der Waals surface area (Å²) in [7, 11) is 0. The van der Waals surface area contributed by atoms with E-state index >= 15 is 0 Å². The molecule has 18 heavy (non-hydrogen) atoms. The van der Waals surface area contributed by atoms with Crippen LogP contribution in [0.2, 0.25) is 5.02 Å². The highest BCUT2D eigenvalue weighted by atomic mass is 35.5. The van der Waals surface area contributed by atoms with Gasteiger partial charge >= 0.3 is 0 Å². The lowest BCUT2D eigenvalue weighted by atomic mass is 10.1. The van der Waals surface area contributed by atoms with E-state index in [0.29, 0.717) is 28.6 Å². The fraction of sp³-hybridized carbons (Fsp3) is 0.308. The second kappa shape index (κ2) is 5.98. The lowest BCUT2D eigenvalue weighted by molar-refractivity contribution is 0.559. The summed E-state index contributed by atoms with van der Waals surface area (Å²) in [6.07, 6.45) is 2.36. The molecule has 1 heterocycles. The van der Waals surface area contributed by atoms with E-state index < -0.39 is 5.82 Å². The van der Waals surface area contributed by atoms with Crippen LogP contribution in [-0.2, 0) is 6.54 Å². The van der Waals surface area contributed by atoms with Gasteiger partial charge in [-0.05, 0) is 31.2 Å². The Bertz CT molecular complexity index is 527. The van der Waals surface area contributed by atoms with Crippen LogP contribution in [0, 0.1) is 5.82 Å². The lowest BCUT2D eigenvalue weighted by Crippen LogP contribution is -2.14. The Morgan fingerprint density at radius 2 is 2.28 bits per heavy atom. The van der Waals surface area contributed by atoms with Crippen molar-refractivity contribution in [3.8, 4) is 11.3 Å². The van der Waals surface area contributed by atoms with Crippen molar-refractivity contribution in [3.63, 3.8) is 0 Å². The molecule has 0 saturated heterocycles. The van der Waals surface area contributed by atoms with Crippen LogP contribution in [0.25, 0.3) is 11.3 Å². The molecule has 0 saturated carbocycles. The maximum absolute atomic E-state index is 13.8. The topological polar surface area (TPSA) is 38.1 Å². The second-order valence-electron chi connectivity index (χ2n) is 3.93. The molecular weight excluding hydrogens is 255 g/mol. The van der Waals surface area contributed by atoms with Crippen molar-refractivity contribution in [2.24, 2.45) is 0 Å². The lowest BCUT2D eigenvalue weighted by Gasteiger charge is -2.04. The highest BCUT2D eigenvalue weighted by Crippen LogP contribution is 2.27. The molecule has 1 N–H and O–H groups in total. The van der Waals surface area contributed by atoms with E-state index in [9.17, 15) is 4.39 Å². The molecule has 0 amide bonds. The smallest absolute Gasteiger partial charge is 0.181 e. The molecule has 3 nitrogen and oxygen atoms in total. The van der Waals surface area contributed by atoms with E-state index in [1.807, 2.05) is 0 Å². The molecule has 2 rings (SSSR count). The Morgan fingerprint density at radius 3 is 3.00 bits per heavy atom. The predicted octanol–water partition coefficient (Wildman–Crippen LogP) is 3.63. The third kappa shape index (κ3) is 2.89. The summed E-state index contributed by atoms with van der Waals surface area (Å²) < 4.78 is 19.1.